The van der Waals surface area contributed by atoms with Gasteiger partial charge in [0.05, 0.1) is 5.69 Å². The molecule has 0 radical (unpaired) electrons. The molecule has 6 heteroatoms. The highest BCUT2D eigenvalue weighted by molar-refractivity contribution is 5.75. The van der Waals surface area contributed by atoms with Gasteiger partial charge < -0.3 is 0 Å². The van der Waals surface area contributed by atoms with Crippen LogP contribution in [0.25, 0.3) is 0 Å². The van der Waals surface area contributed by atoms with Gasteiger partial charge in [-0.25, -0.2) is 5.84 Å². The average Bonchev–Trinajstić information content (AvgIpc) is 2.49. The molecule has 6 nitrogen and oxygen atoms in total. The lowest BCUT2D eigenvalue weighted by atomic mass is 10.1. The number of unbranched alkanes of at least 4 members (excludes halogenated alkanes) is 1. The second-order valence-corrected chi connectivity index (χ2v) is 4.66. The summed E-state index contributed by atoms with van der Waals surface area (Å²) in [4.78, 5) is 11.0. The Morgan fingerprint density at radius 1 is 1.35 bits per heavy atom. The zero-order valence-corrected chi connectivity index (χ0v) is 12.2. The molecule has 1 rings (SSSR count). The Bertz CT molecular complexity index is 430. The van der Waals surface area contributed by atoms with Crippen LogP contribution in [0.1, 0.15) is 31.7 Å². The van der Waals surface area contributed by atoms with Gasteiger partial charge >= 0.3 is 0 Å². The Kier molecular flexibility index (Phi) is 7.27. The normalized spacial score (nSPS) is 10.8. The van der Waals surface area contributed by atoms with Gasteiger partial charge in [-0.15, -0.1) is 5.11 Å². The maximum Gasteiger partial charge on any atom is 0.234 e. The third-order valence-corrected chi connectivity index (χ3v) is 2.89. The summed E-state index contributed by atoms with van der Waals surface area (Å²) in [6.07, 6.45) is 3.30. The molecule has 0 unspecified atom stereocenters. The molecule has 0 fully saturated rings. The molecule has 0 saturated carbocycles. The number of carbonyl (C=O) groups excluding carboxylic acids is 1. The van der Waals surface area contributed by atoms with E-state index in [1.807, 2.05) is 36.3 Å². The summed E-state index contributed by atoms with van der Waals surface area (Å²) < 4.78 is 0. The van der Waals surface area contributed by atoms with Crippen LogP contribution in [0.5, 0.6) is 0 Å². The van der Waals surface area contributed by atoms with Crippen LogP contribution in [0.15, 0.2) is 34.6 Å². The molecular weight excluding hydrogens is 254 g/mol. The minimum absolute atomic E-state index is 0.161. The Morgan fingerprint density at radius 2 is 2.05 bits per heavy atom. The molecular formula is C14H23N5O. The summed E-state index contributed by atoms with van der Waals surface area (Å²) in [6.45, 7) is 3.06. The summed E-state index contributed by atoms with van der Waals surface area (Å²) in [5.74, 6) is 4.87. The van der Waals surface area contributed by atoms with Crippen LogP contribution in [-0.4, -0.2) is 24.5 Å². The number of benzene rings is 1. The van der Waals surface area contributed by atoms with Crippen molar-refractivity contribution < 1.29 is 4.79 Å². The van der Waals surface area contributed by atoms with Gasteiger partial charge in [-0.2, -0.15) is 0 Å². The van der Waals surface area contributed by atoms with Crippen LogP contribution in [0.3, 0.4) is 0 Å². The van der Waals surface area contributed by atoms with E-state index in [1.165, 1.54) is 0 Å². The maximum atomic E-state index is 11.0. The van der Waals surface area contributed by atoms with Crippen molar-refractivity contribution >= 4 is 11.6 Å². The van der Waals surface area contributed by atoms with Crippen LogP contribution < -0.4 is 11.3 Å². The minimum atomic E-state index is -0.161. The standard InChI is InChI=1S/C14H23N5O/c1-3-4-11-19(2)18-17-13-8-5-12(6-9-13)7-10-14(20)16-15/h5-6,8-9H,3-4,7,10-11,15H2,1-2H3,(H,16,20). The predicted octanol–water partition coefficient (Wildman–Crippen LogP) is 2.34. The van der Waals surface area contributed by atoms with Gasteiger partial charge in [-0.1, -0.05) is 30.7 Å². The lowest BCUT2D eigenvalue weighted by Crippen LogP contribution is -2.30. The highest BCUT2D eigenvalue weighted by Crippen LogP contribution is 2.15. The number of aryl methyl sites for hydroxylation is 1. The van der Waals surface area contributed by atoms with Gasteiger partial charge in [0.2, 0.25) is 5.91 Å². The number of nitrogens with one attached hydrogen (secondary N) is 1. The quantitative estimate of drug-likeness (QED) is 0.331. The highest BCUT2D eigenvalue weighted by Gasteiger charge is 2.00. The zero-order valence-electron chi connectivity index (χ0n) is 12.2. The van der Waals surface area contributed by atoms with Crippen molar-refractivity contribution in [2.24, 2.45) is 16.2 Å². The van der Waals surface area contributed by atoms with Gasteiger partial charge in [0.1, 0.15) is 0 Å². The van der Waals surface area contributed by atoms with Crippen LogP contribution in [0.2, 0.25) is 0 Å². The summed E-state index contributed by atoms with van der Waals surface area (Å²) in [5, 5.41) is 10.1. The number of hydrogen-bond donors (Lipinski definition) is 2. The Labute approximate surface area is 120 Å². The van der Waals surface area contributed by atoms with Crippen molar-refractivity contribution in [3.63, 3.8) is 0 Å². The molecule has 1 aromatic rings. The molecule has 0 spiro atoms. The summed E-state index contributed by atoms with van der Waals surface area (Å²) in [5.41, 5.74) is 4.00. The van der Waals surface area contributed by atoms with Crippen molar-refractivity contribution in [3.05, 3.63) is 29.8 Å². The fraction of sp³-hybridized carbons (Fsp3) is 0.500. The SMILES string of the molecule is CCCCN(C)N=Nc1ccc(CCC(=O)NN)cc1. The first-order chi connectivity index (χ1) is 9.65. The molecule has 0 aliphatic carbocycles. The van der Waals surface area contributed by atoms with E-state index in [0.29, 0.717) is 12.8 Å². The maximum absolute atomic E-state index is 11.0. The minimum Gasteiger partial charge on any atom is -0.294 e. The molecule has 0 atom stereocenters. The van der Waals surface area contributed by atoms with E-state index in [0.717, 1.165) is 30.6 Å². The topological polar surface area (TPSA) is 83.1 Å². The number of carbonyl (C=O) groups is 1. The van der Waals surface area contributed by atoms with E-state index in [9.17, 15) is 4.79 Å². The average molecular weight is 277 g/mol. The number of nitrogens with zero attached hydrogens (tertiary/aromatic N) is 3. The smallest absolute Gasteiger partial charge is 0.234 e. The molecule has 3 N–H and O–H groups in total. The number of rotatable bonds is 8. The fourth-order valence-electron chi connectivity index (χ4n) is 1.62. The molecule has 1 amide bonds. The predicted molar refractivity (Wildman–Crippen MR) is 79.1 cm³/mol. The van der Waals surface area contributed by atoms with E-state index < -0.39 is 0 Å². The van der Waals surface area contributed by atoms with Crippen LogP contribution >= 0.6 is 0 Å². The molecule has 0 heterocycles. The van der Waals surface area contributed by atoms with Crippen molar-refractivity contribution in [1.82, 2.24) is 10.4 Å². The Hall–Kier alpha value is -1.95. The Morgan fingerprint density at radius 3 is 2.65 bits per heavy atom. The van der Waals surface area contributed by atoms with E-state index >= 15 is 0 Å². The van der Waals surface area contributed by atoms with Gasteiger partial charge in [0.25, 0.3) is 0 Å². The zero-order chi connectivity index (χ0) is 14.8. The number of nitrogens with two attached hydrogens (primary N) is 1. The number of hydrogen-bond acceptors (Lipinski definition) is 4. The van der Waals surface area contributed by atoms with E-state index in [-0.39, 0.29) is 5.91 Å². The molecule has 0 aliphatic heterocycles. The third-order valence-electron chi connectivity index (χ3n) is 2.89. The van der Waals surface area contributed by atoms with Crippen LogP contribution in [0.4, 0.5) is 5.69 Å². The fourth-order valence-corrected chi connectivity index (χ4v) is 1.62. The van der Waals surface area contributed by atoms with Gasteiger partial charge in [-0.05, 0) is 30.5 Å². The summed E-state index contributed by atoms with van der Waals surface area (Å²) >= 11 is 0. The second-order valence-electron chi connectivity index (χ2n) is 4.66. The van der Waals surface area contributed by atoms with E-state index in [4.69, 9.17) is 5.84 Å². The first-order valence-corrected chi connectivity index (χ1v) is 6.87. The van der Waals surface area contributed by atoms with E-state index in [2.05, 4.69) is 22.7 Å². The highest BCUT2D eigenvalue weighted by atomic mass is 16.2. The first kappa shape index (κ1) is 16.1. The largest absolute Gasteiger partial charge is 0.294 e. The van der Waals surface area contributed by atoms with Crippen molar-refractivity contribution in [2.45, 2.75) is 32.6 Å². The monoisotopic (exact) mass is 277 g/mol. The molecule has 0 saturated heterocycles. The molecule has 20 heavy (non-hydrogen) atoms. The lowest BCUT2D eigenvalue weighted by Gasteiger charge is -2.09. The first-order valence-electron chi connectivity index (χ1n) is 6.87. The molecule has 1 aromatic carbocycles. The lowest BCUT2D eigenvalue weighted by molar-refractivity contribution is -0.121. The van der Waals surface area contributed by atoms with Gasteiger partial charge in [-0.3, -0.25) is 15.2 Å². The number of hydrazine groups is 1. The molecule has 0 aliphatic rings. The number of amides is 1. The van der Waals surface area contributed by atoms with Crippen molar-refractivity contribution in [2.75, 3.05) is 13.6 Å². The van der Waals surface area contributed by atoms with E-state index in [1.54, 1.807) is 0 Å². The van der Waals surface area contributed by atoms with Crippen molar-refractivity contribution in [1.29, 1.82) is 0 Å². The van der Waals surface area contributed by atoms with Crippen LogP contribution in [0, 0.1) is 0 Å². The summed E-state index contributed by atoms with van der Waals surface area (Å²) in [7, 11) is 1.92. The van der Waals surface area contributed by atoms with Crippen molar-refractivity contribution in [3.8, 4) is 0 Å². The third kappa shape index (κ3) is 6.29. The molecule has 0 aromatic heterocycles. The molecule has 0 bridgehead atoms. The van der Waals surface area contributed by atoms with Gasteiger partial charge in [0.15, 0.2) is 0 Å². The molecule has 110 valence electrons. The second kappa shape index (κ2) is 9.03. The van der Waals surface area contributed by atoms with Crippen LogP contribution in [-0.2, 0) is 11.2 Å². The Balaban J connectivity index is 2.45. The van der Waals surface area contributed by atoms with Gasteiger partial charge in [0, 0.05) is 20.0 Å². The summed E-state index contributed by atoms with van der Waals surface area (Å²) in [6, 6.07) is 7.69.